The summed E-state index contributed by atoms with van der Waals surface area (Å²) in [7, 11) is 0. The molecule has 0 aliphatic heterocycles. The van der Waals surface area contributed by atoms with Gasteiger partial charge >= 0.3 is 6.18 Å². The number of thiocarbonyl (C=S) groups is 1. The number of alkyl halides is 3. The van der Waals surface area contributed by atoms with Gasteiger partial charge in [0.25, 0.3) is 0 Å². The molecule has 0 saturated heterocycles. The van der Waals surface area contributed by atoms with Crippen LogP contribution in [0.25, 0.3) is 0 Å². The molecule has 0 radical (unpaired) electrons. The first kappa shape index (κ1) is 16.3. The third-order valence-corrected chi connectivity index (χ3v) is 3.30. The van der Waals surface area contributed by atoms with E-state index in [9.17, 15) is 13.2 Å². The molecule has 0 aliphatic carbocycles. The van der Waals surface area contributed by atoms with Crippen molar-refractivity contribution >= 4 is 23.0 Å². The van der Waals surface area contributed by atoms with E-state index in [4.69, 9.17) is 12.2 Å². The predicted octanol–water partition coefficient (Wildman–Crippen LogP) is 4.50. The molecule has 0 atom stereocenters. The molecule has 22 heavy (non-hydrogen) atoms. The van der Waals surface area contributed by atoms with Gasteiger partial charge in [-0.05, 0) is 36.8 Å². The molecule has 2 N–H and O–H groups in total. The van der Waals surface area contributed by atoms with E-state index < -0.39 is 11.7 Å². The van der Waals surface area contributed by atoms with Crippen molar-refractivity contribution in [2.45, 2.75) is 19.6 Å². The smallest absolute Gasteiger partial charge is 0.358 e. The lowest BCUT2D eigenvalue weighted by Gasteiger charge is -2.15. The summed E-state index contributed by atoms with van der Waals surface area (Å²) in [6.45, 7) is 2.43. The minimum atomic E-state index is -4.42. The van der Waals surface area contributed by atoms with Crippen molar-refractivity contribution in [1.29, 1.82) is 0 Å². The van der Waals surface area contributed by atoms with Gasteiger partial charge in [-0.1, -0.05) is 42.0 Å². The van der Waals surface area contributed by atoms with Crippen LogP contribution in [0.1, 0.15) is 16.7 Å². The van der Waals surface area contributed by atoms with E-state index in [0.29, 0.717) is 6.54 Å². The van der Waals surface area contributed by atoms with Crippen LogP contribution < -0.4 is 10.6 Å². The third-order valence-electron chi connectivity index (χ3n) is 3.05. The summed E-state index contributed by atoms with van der Waals surface area (Å²) in [5.41, 5.74) is 1.34. The number of nitrogens with one attached hydrogen (secondary N) is 2. The van der Waals surface area contributed by atoms with Crippen LogP contribution in [0.15, 0.2) is 48.5 Å². The Hall–Kier alpha value is -2.08. The van der Waals surface area contributed by atoms with Gasteiger partial charge in [0.2, 0.25) is 0 Å². The van der Waals surface area contributed by atoms with Crippen LogP contribution >= 0.6 is 12.2 Å². The average Bonchev–Trinajstić information content (AvgIpc) is 2.46. The van der Waals surface area contributed by atoms with Crippen LogP contribution in [0.5, 0.6) is 0 Å². The molecule has 0 fully saturated rings. The number of rotatable bonds is 3. The van der Waals surface area contributed by atoms with Crippen molar-refractivity contribution in [3.63, 3.8) is 0 Å². The quantitative estimate of drug-likeness (QED) is 0.813. The number of hydrogen-bond donors (Lipinski definition) is 2. The molecule has 116 valence electrons. The number of benzene rings is 2. The fourth-order valence-corrected chi connectivity index (χ4v) is 2.08. The predicted molar refractivity (Wildman–Crippen MR) is 85.7 cm³/mol. The molecule has 0 saturated carbocycles. The van der Waals surface area contributed by atoms with Gasteiger partial charge in [-0.15, -0.1) is 0 Å². The first-order chi connectivity index (χ1) is 10.4. The average molecular weight is 324 g/mol. The Labute approximate surface area is 132 Å². The molecule has 2 aromatic carbocycles. The highest BCUT2D eigenvalue weighted by Crippen LogP contribution is 2.34. The maximum absolute atomic E-state index is 12.9. The molecule has 0 bridgehead atoms. The molecular weight excluding hydrogens is 309 g/mol. The Kier molecular flexibility index (Phi) is 5.03. The second-order valence-corrected chi connectivity index (χ2v) is 5.24. The van der Waals surface area contributed by atoms with Gasteiger partial charge in [-0.25, -0.2) is 0 Å². The minimum absolute atomic E-state index is 0.0589. The van der Waals surface area contributed by atoms with Crippen LogP contribution in [-0.4, -0.2) is 5.11 Å². The Morgan fingerprint density at radius 3 is 2.32 bits per heavy atom. The van der Waals surface area contributed by atoms with Crippen LogP contribution in [0.2, 0.25) is 0 Å². The molecule has 0 aliphatic rings. The van der Waals surface area contributed by atoms with Crippen LogP contribution in [0, 0.1) is 6.92 Å². The highest BCUT2D eigenvalue weighted by molar-refractivity contribution is 7.80. The van der Waals surface area contributed by atoms with E-state index in [1.54, 1.807) is 0 Å². The summed E-state index contributed by atoms with van der Waals surface area (Å²) in [5.74, 6) is 0. The Morgan fingerprint density at radius 1 is 1.05 bits per heavy atom. The molecule has 0 unspecified atom stereocenters. The standard InChI is InChI=1S/C16H15F3N2S/c1-11-6-8-12(9-7-11)10-20-15(22)21-14-5-3-2-4-13(14)16(17,18)19/h2-9H,10H2,1H3,(H2,20,21,22). The number of halogens is 3. The van der Waals surface area contributed by atoms with Gasteiger partial charge in [0.1, 0.15) is 0 Å². The SMILES string of the molecule is Cc1ccc(CNC(=S)Nc2ccccc2C(F)(F)F)cc1. The highest BCUT2D eigenvalue weighted by Gasteiger charge is 2.33. The lowest BCUT2D eigenvalue weighted by Crippen LogP contribution is -2.28. The fraction of sp³-hybridized carbons (Fsp3) is 0.188. The summed E-state index contributed by atoms with van der Waals surface area (Å²) < 4.78 is 38.7. The van der Waals surface area contributed by atoms with E-state index in [0.717, 1.165) is 17.2 Å². The van der Waals surface area contributed by atoms with Crippen LogP contribution in [0.3, 0.4) is 0 Å². The normalized spacial score (nSPS) is 11.1. The molecule has 0 aromatic heterocycles. The number of aryl methyl sites for hydroxylation is 1. The zero-order valence-electron chi connectivity index (χ0n) is 11.9. The van der Waals surface area contributed by atoms with Gasteiger partial charge in [-0.2, -0.15) is 13.2 Å². The van der Waals surface area contributed by atoms with Gasteiger partial charge in [-0.3, -0.25) is 0 Å². The van der Waals surface area contributed by atoms with Gasteiger partial charge in [0.05, 0.1) is 11.3 Å². The van der Waals surface area contributed by atoms with Crippen molar-refractivity contribution in [2.24, 2.45) is 0 Å². The molecule has 0 amide bonds. The van der Waals surface area contributed by atoms with Gasteiger partial charge < -0.3 is 10.6 Å². The fourth-order valence-electron chi connectivity index (χ4n) is 1.89. The van der Waals surface area contributed by atoms with E-state index in [1.807, 2.05) is 31.2 Å². The van der Waals surface area contributed by atoms with Crippen molar-refractivity contribution in [3.8, 4) is 0 Å². The molecule has 2 rings (SSSR count). The molecule has 2 nitrogen and oxygen atoms in total. The zero-order chi connectivity index (χ0) is 16.2. The second-order valence-electron chi connectivity index (χ2n) is 4.84. The van der Waals surface area contributed by atoms with Gasteiger partial charge in [0, 0.05) is 6.54 Å². The van der Waals surface area contributed by atoms with Crippen molar-refractivity contribution in [1.82, 2.24) is 5.32 Å². The summed E-state index contributed by atoms with van der Waals surface area (Å²) in [6, 6.07) is 13.0. The first-order valence-corrected chi connectivity index (χ1v) is 7.04. The summed E-state index contributed by atoms with van der Waals surface area (Å²) in [4.78, 5) is 0. The monoisotopic (exact) mass is 324 g/mol. The highest BCUT2D eigenvalue weighted by atomic mass is 32.1. The van der Waals surface area contributed by atoms with E-state index in [2.05, 4.69) is 10.6 Å². The topological polar surface area (TPSA) is 24.1 Å². The lowest BCUT2D eigenvalue weighted by molar-refractivity contribution is -0.136. The maximum Gasteiger partial charge on any atom is 0.418 e. The van der Waals surface area contributed by atoms with Gasteiger partial charge in [0.15, 0.2) is 5.11 Å². The van der Waals surface area contributed by atoms with E-state index >= 15 is 0 Å². The lowest BCUT2D eigenvalue weighted by atomic mass is 10.1. The van der Waals surface area contributed by atoms with E-state index in [1.165, 1.54) is 18.2 Å². The number of anilines is 1. The minimum Gasteiger partial charge on any atom is -0.358 e. The first-order valence-electron chi connectivity index (χ1n) is 6.63. The Bertz CT molecular complexity index is 651. The van der Waals surface area contributed by atoms with Crippen molar-refractivity contribution in [3.05, 3.63) is 65.2 Å². The van der Waals surface area contributed by atoms with Crippen LogP contribution in [-0.2, 0) is 12.7 Å². The van der Waals surface area contributed by atoms with Crippen LogP contribution in [0.4, 0.5) is 18.9 Å². The van der Waals surface area contributed by atoms with Crippen molar-refractivity contribution in [2.75, 3.05) is 5.32 Å². The summed E-state index contributed by atoms with van der Waals surface area (Å²) >= 11 is 5.05. The second kappa shape index (κ2) is 6.79. The number of hydrogen-bond acceptors (Lipinski definition) is 1. The summed E-state index contributed by atoms with van der Waals surface area (Å²) in [6.07, 6.45) is -4.42. The maximum atomic E-state index is 12.9. The van der Waals surface area contributed by atoms with Crippen molar-refractivity contribution < 1.29 is 13.2 Å². The molecule has 0 spiro atoms. The number of para-hydroxylation sites is 1. The molecular formula is C16H15F3N2S. The Morgan fingerprint density at radius 2 is 1.68 bits per heavy atom. The molecule has 0 heterocycles. The zero-order valence-corrected chi connectivity index (χ0v) is 12.7. The Balaban J connectivity index is 1.99. The summed E-state index contributed by atoms with van der Waals surface area (Å²) in [5, 5.41) is 5.65. The van der Waals surface area contributed by atoms with E-state index in [-0.39, 0.29) is 10.8 Å². The molecule has 2 aromatic rings. The molecule has 6 heteroatoms. The third kappa shape index (κ3) is 4.46. The largest absolute Gasteiger partial charge is 0.418 e.